The van der Waals surface area contributed by atoms with Crippen molar-refractivity contribution in [1.29, 1.82) is 0 Å². The molecule has 0 saturated carbocycles. The summed E-state index contributed by atoms with van der Waals surface area (Å²) in [6.45, 7) is 0.324. The highest BCUT2D eigenvalue weighted by Crippen LogP contribution is 2.37. The fraction of sp³-hybridized carbons (Fsp3) is 0.214. The van der Waals surface area contributed by atoms with E-state index in [0.717, 1.165) is 20.1 Å². The maximum atomic E-state index is 9.18. The topological polar surface area (TPSA) is 51.6 Å². The number of aromatic nitrogens is 1. The summed E-state index contributed by atoms with van der Waals surface area (Å²) in [5.41, 5.74) is 1.70. The summed E-state index contributed by atoms with van der Waals surface area (Å²) in [5, 5.41) is 9.18. The molecular weight excluding hydrogens is 390 g/mol. The van der Waals surface area contributed by atoms with Crippen molar-refractivity contribution in [1.82, 2.24) is 4.98 Å². The Morgan fingerprint density at radius 1 is 1.15 bits per heavy atom. The van der Waals surface area contributed by atoms with Crippen molar-refractivity contribution in [2.24, 2.45) is 0 Å². The number of nitrogens with zero attached hydrogens (tertiary/aromatic N) is 1. The average molecular weight is 403 g/mol. The molecule has 0 unspecified atom stereocenters. The van der Waals surface area contributed by atoms with Gasteiger partial charge in [-0.05, 0) is 55.6 Å². The maximum Gasteiger partial charge on any atom is 0.175 e. The molecule has 0 amide bonds. The van der Waals surface area contributed by atoms with E-state index in [1.807, 2.05) is 6.07 Å². The SMILES string of the molecule is COc1cc(CO)cc(Br)c1OCc1cncc(Br)c1. The molecule has 4 nitrogen and oxygen atoms in total. The van der Waals surface area contributed by atoms with Crippen LogP contribution in [0.5, 0.6) is 11.5 Å². The Kier molecular flexibility index (Phi) is 5.39. The first-order valence-electron chi connectivity index (χ1n) is 5.83. The first-order chi connectivity index (χ1) is 9.63. The number of aliphatic hydroxyl groups is 1. The van der Waals surface area contributed by atoms with Gasteiger partial charge < -0.3 is 14.6 Å². The Balaban J connectivity index is 2.20. The van der Waals surface area contributed by atoms with Crippen LogP contribution in [0.2, 0.25) is 0 Å². The van der Waals surface area contributed by atoms with Crippen LogP contribution >= 0.6 is 31.9 Å². The summed E-state index contributed by atoms with van der Waals surface area (Å²) in [6.07, 6.45) is 3.46. The molecule has 6 heteroatoms. The second-order valence-corrected chi connectivity index (χ2v) is 5.84. The molecule has 0 radical (unpaired) electrons. The predicted octanol–water partition coefficient (Wildman–Crippen LogP) is 3.69. The molecule has 0 atom stereocenters. The number of methoxy groups -OCH3 is 1. The van der Waals surface area contributed by atoms with Crippen LogP contribution < -0.4 is 9.47 Å². The van der Waals surface area contributed by atoms with Gasteiger partial charge in [0.05, 0.1) is 18.2 Å². The molecule has 0 saturated heterocycles. The third-order valence-corrected chi connectivity index (χ3v) is 3.64. The molecule has 1 N–H and O–H groups in total. The molecule has 1 aromatic heterocycles. The van der Waals surface area contributed by atoms with Gasteiger partial charge in [-0.15, -0.1) is 0 Å². The molecule has 0 aliphatic rings. The van der Waals surface area contributed by atoms with Crippen LogP contribution in [0, 0.1) is 0 Å². The maximum absolute atomic E-state index is 9.18. The van der Waals surface area contributed by atoms with E-state index in [4.69, 9.17) is 9.47 Å². The summed E-state index contributed by atoms with van der Waals surface area (Å²) in [4.78, 5) is 4.09. The zero-order chi connectivity index (χ0) is 14.5. The Labute approximate surface area is 134 Å². The van der Waals surface area contributed by atoms with E-state index in [0.29, 0.717) is 18.1 Å². The van der Waals surface area contributed by atoms with Gasteiger partial charge in [0.25, 0.3) is 0 Å². The number of pyridine rings is 1. The van der Waals surface area contributed by atoms with Crippen LogP contribution in [-0.4, -0.2) is 17.2 Å². The van der Waals surface area contributed by atoms with Gasteiger partial charge in [-0.2, -0.15) is 0 Å². The van der Waals surface area contributed by atoms with E-state index in [1.54, 1.807) is 31.6 Å². The van der Waals surface area contributed by atoms with Crippen LogP contribution in [0.25, 0.3) is 0 Å². The van der Waals surface area contributed by atoms with Gasteiger partial charge in [-0.1, -0.05) is 0 Å². The molecular formula is C14H13Br2NO3. The van der Waals surface area contributed by atoms with E-state index >= 15 is 0 Å². The zero-order valence-corrected chi connectivity index (χ0v) is 13.9. The minimum atomic E-state index is -0.0508. The van der Waals surface area contributed by atoms with Gasteiger partial charge >= 0.3 is 0 Å². The highest BCUT2D eigenvalue weighted by atomic mass is 79.9. The molecule has 1 heterocycles. The average Bonchev–Trinajstić information content (AvgIpc) is 2.45. The Morgan fingerprint density at radius 3 is 2.60 bits per heavy atom. The molecule has 0 spiro atoms. The van der Waals surface area contributed by atoms with Crippen molar-refractivity contribution in [3.8, 4) is 11.5 Å². The van der Waals surface area contributed by atoms with E-state index in [9.17, 15) is 5.11 Å². The standard InChI is InChI=1S/C14H13Br2NO3/c1-19-13-4-9(7-18)3-12(16)14(13)20-8-10-2-11(15)6-17-5-10/h2-6,18H,7-8H2,1H3. The van der Waals surface area contributed by atoms with Crippen molar-refractivity contribution in [3.63, 3.8) is 0 Å². The molecule has 1 aromatic carbocycles. The summed E-state index contributed by atoms with van der Waals surface area (Å²) in [6, 6.07) is 5.49. The summed E-state index contributed by atoms with van der Waals surface area (Å²) in [7, 11) is 1.57. The van der Waals surface area contributed by atoms with Crippen molar-refractivity contribution in [3.05, 3.63) is 50.7 Å². The molecule has 0 aliphatic carbocycles. The highest BCUT2D eigenvalue weighted by Gasteiger charge is 2.12. The second-order valence-electron chi connectivity index (χ2n) is 4.07. The number of rotatable bonds is 5. The number of benzene rings is 1. The largest absolute Gasteiger partial charge is 0.493 e. The molecule has 2 rings (SSSR count). The smallest absolute Gasteiger partial charge is 0.175 e. The number of ether oxygens (including phenoxy) is 2. The minimum absolute atomic E-state index is 0.0508. The van der Waals surface area contributed by atoms with Gasteiger partial charge in [-0.3, -0.25) is 4.98 Å². The number of hydrogen-bond donors (Lipinski definition) is 1. The number of halogens is 2. The van der Waals surface area contributed by atoms with E-state index in [-0.39, 0.29) is 6.61 Å². The second kappa shape index (κ2) is 7.06. The van der Waals surface area contributed by atoms with Crippen molar-refractivity contribution in [2.45, 2.75) is 13.2 Å². The van der Waals surface area contributed by atoms with Crippen LogP contribution in [0.4, 0.5) is 0 Å². The van der Waals surface area contributed by atoms with Gasteiger partial charge in [0, 0.05) is 22.4 Å². The molecule has 20 heavy (non-hydrogen) atoms. The summed E-state index contributed by atoms with van der Waals surface area (Å²) < 4.78 is 12.7. The third-order valence-electron chi connectivity index (χ3n) is 2.62. The number of hydrogen-bond acceptors (Lipinski definition) is 4. The van der Waals surface area contributed by atoms with Crippen LogP contribution in [0.15, 0.2) is 39.5 Å². The fourth-order valence-corrected chi connectivity index (χ4v) is 2.71. The molecule has 0 aliphatic heterocycles. The lowest BCUT2D eigenvalue weighted by molar-refractivity contribution is 0.273. The summed E-state index contributed by atoms with van der Waals surface area (Å²) >= 11 is 6.80. The van der Waals surface area contributed by atoms with E-state index in [1.165, 1.54) is 0 Å². The first-order valence-corrected chi connectivity index (χ1v) is 7.42. The molecule has 2 aromatic rings. The molecule has 0 bridgehead atoms. The normalized spacial score (nSPS) is 10.4. The lowest BCUT2D eigenvalue weighted by atomic mass is 10.2. The monoisotopic (exact) mass is 401 g/mol. The predicted molar refractivity (Wildman–Crippen MR) is 82.9 cm³/mol. The fourth-order valence-electron chi connectivity index (χ4n) is 1.69. The van der Waals surface area contributed by atoms with Gasteiger partial charge in [0.1, 0.15) is 6.61 Å². The lowest BCUT2D eigenvalue weighted by Crippen LogP contribution is -2.00. The van der Waals surface area contributed by atoms with E-state index < -0.39 is 0 Å². The van der Waals surface area contributed by atoms with Crippen molar-refractivity contribution < 1.29 is 14.6 Å². The highest BCUT2D eigenvalue weighted by molar-refractivity contribution is 9.10. The van der Waals surface area contributed by atoms with Crippen LogP contribution in [0.3, 0.4) is 0 Å². The van der Waals surface area contributed by atoms with Gasteiger partial charge in [0.2, 0.25) is 0 Å². The van der Waals surface area contributed by atoms with Gasteiger partial charge in [-0.25, -0.2) is 0 Å². The lowest BCUT2D eigenvalue weighted by Gasteiger charge is -2.14. The first kappa shape index (κ1) is 15.3. The quantitative estimate of drug-likeness (QED) is 0.828. The molecule has 0 fully saturated rings. The van der Waals surface area contributed by atoms with Crippen molar-refractivity contribution >= 4 is 31.9 Å². The minimum Gasteiger partial charge on any atom is -0.493 e. The Bertz CT molecular complexity index is 605. The van der Waals surface area contributed by atoms with Gasteiger partial charge in [0.15, 0.2) is 11.5 Å². The third kappa shape index (κ3) is 3.71. The van der Waals surface area contributed by atoms with Crippen LogP contribution in [-0.2, 0) is 13.2 Å². The number of aliphatic hydroxyl groups excluding tert-OH is 1. The Morgan fingerprint density at radius 2 is 1.95 bits per heavy atom. The summed E-state index contributed by atoms with van der Waals surface area (Å²) in [5.74, 6) is 1.18. The van der Waals surface area contributed by atoms with Crippen molar-refractivity contribution in [2.75, 3.05) is 7.11 Å². The zero-order valence-electron chi connectivity index (χ0n) is 10.8. The molecule has 106 valence electrons. The Hall–Kier alpha value is -1.11. The van der Waals surface area contributed by atoms with E-state index in [2.05, 4.69) is 36.8 Å². The van der Waals surface area contributed by atoms with Crippen LogP contribution in [0.1, 0.15) is 11.1 Å².